The molecule has 1 aliphatic heterocycles. The highest BCUT2D eigenvalue weighted by Crippen LogP contribution is 2.37. The maximum absolute atomic E-state index is 8.92. The van der Waals surface area contributed by atoms with Crippen LogP contribution in [0.2, 0.25) is 5.15 Å². The standard InChI is InChI=1S/C18H18BClN2O2/c1-17(2)18(3,4)24-19(23-17)14-9-15(16(20)22-11-14)13-7-5-12(10-21)6-8-13/h5-9,11H,1-4H3. The Morgan fingerprint density at radius 2 is 1.67 bits per heavy atom. The van der Waals surface area contributed by atoms with Gasteiger partial charge in [-0.2, -0.15) is 5.26 Å². The first-order chi connectivity index (χ1) is 11.2. The minimum absolute atomic E-state index is 0.403. The summed E-state index contributed by atoms with van der Waals surface area (Å²) in [5.74, 6) is 0. The molecule has 1 saturated heterocycles. The van der Waals surface area contributed by atoms with Gasteiger partial charge in [-0.15, -0.1) is 0 Å². The summed E-state index contributed by atoms with van der Waals surface area (Å²) in [6.07, 6.45) is 1.68. The van der Waals surface area contributed by atoms with Crippen molar-refractivity contribution in [3.05, 3.63) is 47.2 Å². The molecule has 0 saturated carbocycles. The van der Waals surface area contributed by atoms with E-state index in [0.29, 0.717) is 10.7 Å². The Labute approximate surface area is 147 Å². The third-order valence-corrected chi connectivity index (χ3v) is 5.01. The van der Waals surface area contributed by atoms with Crippen LogP contribution in [0.5, 0.6) is 0 Å². The number of nitriles is 1. The monoisotopic (exact) mass is 340 g/mol. The van der Waals surface area contributed by atoms with Gasteiger partial charge in [0, 0.05) is 17.2 Å². The molecule has 1 aromatic carbocycles. The smallest absolute Gasteiger partial charge is 0.399 e. The summed E-state index contributed by atoms with van der Waals surface area (Å²) in [6.45, 7) is 8.05. The van der Waals surface area contributed by atoms with E-state index in [1.54, 1.807) is 18.3 Å². The van der Waals surface area contributed by atoms with Crippen molar-refractivity contribution >= 4 is 24.2 Å². The third-order valence-electron chi connectivity index (χ3n) is 4.71. The largest absolute Gasteiger partial charge is 0.496 e. The Kier molecular flexibility index (Phi) is 4.17. The van der Waals surface area contributed by atoms with E-state index in [4.69, 9.17) is 26.2 Å². The maximum atomic E-state index is 8.92. The molecule has 2 heterocycles. The molecule has 4 nitrogen and oxygen atoms in total. The lowest BCUT2D eigenvalue weighted by Gasteiger charge is -2.32. The molecule has 3 rings (SSSR count). The van der Waals surface area contributed by atoms with Gasteiger partial charge in [0.05, 0.1) is 22.8 Å². The Hall–Kier alpha value is -1.87. The van der Waals surface area contributed by atoms with Crippen LogP contribution < -0.4 is 5.46 Å². The Bertz CT molecular complexity index is 797. The molecule has 0 amide bonds. The van der Waals surface area contributed by atoms with Crippen molar-refractivity contribution in [2.24, 2.45) is 0 Å². The maximum Gasteiger partial charge on any atom is 0.496 e. The topological polar surface area (TPSA) is 55.1 Å². The molecule has 0 bridgehead atoms. The highest BCUT2D eigenvalue weighted by atomic mass is 35.5. The van der Waals surface area contributed by atoms with Gasteiger partial charge in [0.2, 0.25) is 0 Å². The lowest BCUT2D eigenvalue weighted by atomic mass is 9.79. The first-order valence-corrected chi connectivity index (χ1v) is 8.13. The molecule has 1 aliphatic rings. The fourth-order valence-electron chi connectivity index (χ4n) is 2.50. The van der Waals surface area contributed by atoms with Gasteiger partial charge in [-0.05, 0) is 51.5 Å². The van der Waals surface area contributed by atoms with Crippen LogP contribution in [0.1, 0.15) is 33.3 Å². The van der Waals surface area contributed by atoms with Gasteiger partial charge in [0.15, 0.2) is 0 Å². The van der Waals surface area contributed by atoms with E-state index >= 15 is 0 Å². The van der Waals surface area contributed by atoms with E-state index in [0.717, 1.165) is 16.6 Å². The van der Waals surface area contributed by atoms with E-state index < -0.39 is 18.3 Å². The van der Waals surface area contributed by atoms with Crippen molar-refractivity contribution in [3.63, 3.8) is 0 Å². The fraction of sp³-hybridized carbons (Fsp3) is 0.333. The van der Waals surface area contributed by atoms with Crippen molar-refractivity contribution in [2.45, 2.75) is 38.9 Å². The molecule has 0 spiro atoms. The SMILES string of the molecule is CC1(C)OB(c2cnc(Cl)c(-c3ccc(C#N)cc3)c2)OC1(C)C. The molecule has 0 atom stereocenters. The van der Waals surface area contributed by atoms with Crippen molar-refractivity contribution in [1.82, 2.24) is 4.98 Å². The second kappa shape index (κ2) is 5.89. The van der Waals surface area contributed by atoms with E-state index in [1.165, 1.54) is 0 Å². The average Bonchev–Trinajstić information content (AvgIpc) is 2.76. The Balaban J connectivity index is 1.97. The molecule has 2 aromatic rings. The molecule has 0 aliphatic carbocycles. The van der Waals surface area contributed by atoms with Gasteiger partial charge in [0.25, 0.3) is 0 Å². The molecular formula is C18H18BClN2O2. The van der Waals surface area contributed by atoms with Crippen LogP contribution in [0.3, 0.4) is 0 Å². The number of rotatable bonds is 2. The molecule has 6 heteroatoms. The minimum atomic E-state index is -0.489. The summed E-state index contributed by atoms with van der Waals surface area (Å²) < 4.78 is 12.1. The van der Waals surface area contributed by atoms with Crippen LogP contribution in [0, 0.1) is 11.3 Å². The van der Waals surface area contributed by atoms with Crippen molar-refractivity contribution in [3.8, 4) is 17.2 Å². The Morgan fingerprint density at radius 3 is 2.21 bits per heavy atom. The van der Waals surface area contributed by atoms with Gasteiger partial charge >= 0.3 is 7.12 Å². The summed E-state index contributed by atoms with van der Waals surface area (Å²) in [7, 11) is -0.489. The summed E-state index contributed by atoms with van der Waals surface area (Å²) in [6, 6.07) is 11.3. The molecule has 122 valence electrons. The van der Waals surface area contributed by atoms with E-state index in [1.807, 2.05) is 45.9 Å². The lowest BCUT2D eigenvalue weighted by Crippen LogP contribution is -2.41. The van der Waals surface area contributed by atoms with Gasteiger partial charge in [-0.3, -0.25) is 0 Å². The zero-order valence-electron chi connectivity index (χ0n) is 14.1. The summed E-state index contributed by atoms with van der Waals surface area (Å²) in [5, 5.41) is 9.32. The second-order valence-electron chi connectivity index (χ2n) is 6.88. The van der Waals surface area contributed by atoms with Crippen molar-refractivity contribution < 1.29 is 9.31 Å². The molecule has 1 aromatic heterocycles. The highest BCUT2D eigenvalue weighted by Gasteiger charge is 2.51. The van der Waals surface area contributed by atoms with Crippen LogP contribution in [0.4, 0.5) is 0 Å². The van der Waals surface area contributed by atoms with Crippen LogP contribution >= 0.6 is 11.6 Å². The molecule has 1 fully saturated rings. The molecule has 0 radical (unpaired) electrons. The van der Waals surface area contributed by atoms with Crippen LogP contribution in [0.25, 0.3) is 11.1 Å². The van der Waals surface area contributed by atoms with Crippen LogP contribution in [-0.2, 0) is 9.31 Å². The van der Waals surface area contributed by atoms with Crippen molar-refractivity contribution in [1.29, 1.82) is 5.26 Å². The second-order valence-corrected chi connectivity index (χ2v) is 7.24. The molecule has 0 unspecified atom stereocenters. The lowest BCUT2D eigenvalue weighted by molar-refractivity contribution is 0.00578. The van der Waals surface area contributed by atoms with Gasteiger partial charge in [-0.25, -0.2) is 4.98 Å². The van der Waals surface area contributed by atoms with Gasteiger partial charge in [-0.1, -0.05) is 23.7 Å². The predicted octanol–water partition coefficient (Wildman–Crippen LogP) is 3.57. The van der Waals surface area contributed by atoms with Crippen LogP contribution in [0.15, 0.2) is 36.5 Å². The number of hydrogen-bond donors (Lipinski definition) is 0. The number of aromatic nitrogens is 1. The molecular weight excluding hydrogens is 322 g/mol. The minimum Gasteiger partial charge on any atom is -0.399 e. The van der Waals surface area contributed by atoms with Crippen LogP contribution in [-0.4, -0.2) is 23.3 Å². The first-order valence-electron chi connectivity index (χ1n) is 7.75. The normalized spacial score (nSPS) is 18.4. The number of hydrogen-bond acceptors (Lipinski definition) is 4. The summed E-state index contributed by atoms with van der Waals surface area (Å²) in [4.78, 5) is 4.28. The summed E-state index contributed by atoms with van der Waals surface area (Å²) in [5.41, 5.74) is 2.28. The van der Waals surface area contributed by atoms with E-state index in [-0.39, 0.29) is 0 Å². The number of benzene rings is 1. The van der Waals surface area contributed by atoms with E-state index in [2.05, 4.69) is 11.1 Å². The van der Waals surface area contributed by atoms with Gasteiger partial charge in [0.1, 0.15) is 5.15 Å². The number of nitrogens with zero attached hydrogens (tertiary/aromatic N) is 2. The fourth-order valence-corrected chi connectivity index (χ4v) is 2.71. The third kappa shape index (κ3) is 2.93. The number of halogens is 1. The van der Waals surface area contributed by atoms with E-state index in [9.17, 15) is 0 Å². The summed E-state index contributed by atoms with van der Waals surface area (Å²) >= 11 is 6.27. The molecule has 24 heavy (non-hydrogen) atoms. The Morgan fingerprint density at radius 1 is 1.08 bits per heavy atom. The molecule has 0 N–H and O–H groups in total. The predicted molar refractivity (Wildman–Crippen MR) is 95.1 cm³/mol. The zero-order chi connectivity index (χ0) is 17.5. The average molecular weight is 341 g/mol. The zero-order valence-corrected chi connectivity index (χ0v) is 14.9. The van der Waals surface area contributed by atoms with Gasteiger partial charge < -0.3 is 9.31 Å². The first kappa shape index (κ1) is 17.0. The van der Waals surface area contributed by atoms with Crippen molar-refractivity contribution in [2.75, 3.05) is 0 Å². The quantitative estimate of drug-likeness (QED) is 0.619. The number of pyridine rings is 1. The highest BCUT2D eigenvalue weighted by molar-refractivity contribution is 6.62.